The van der Waals surface area contributed by atoms with E-state index < -0.39 is 0 Å². The number of carbonyl (C=O) groups is 1. The van der Waals surface area contributed by atoms with Gasteiger partial charge in [0.05, 0.1) is 11.7 Å². The fraction of sp³-hybridized carbons (Fsp3) is 0.462. The second-order valence-electron chi connectivity index (χ2n) is 4.94. The van der Waals surface area contributed by atoms with E-state index in [1.165, 1.54) is 11.5 Å². The first kappa shape index (κ1) is 13.1. The van der Waals surface area contributed by atoms with Crippen LogP contribution in [0.25, 0.3) is 0 Å². The quantitative estimate of drug-likeness (QED) is 0.893. The zero-order valence-corrected chi connectivity index (χ0v) is 12.1. The van der Waals surface area contributed by atoms with Crippen LogP contribution in [0.1, 0.15) is 36.8 Å². The van der Waals surface area contributed by atoms with Crippen molar-refractivity contribution in [3.63, 3.8) is 0 Å². The number of aromatic nitrogens is 3. The van der Waals surface area contributed by atoms with Gasteiger partial charge in [-0.3, -0.25) is 5.32 Å². The zero-order chi connectivity index (χ0) is 13.9. The van der Waals surface area contributed by atoms with E-state index in [1.807, 2.05) is 17.9 Å². The minimum atomic E-state index is -0.0743. The molecule has 106 valence electrons. The summed E-state index contributed by atoms with van der Waals surface area (Å²) >= 11 is 1.31. The molecule has 0 radical (unpaired) electrons. The Morgan fingerprint density at radius 2 is 2.45 bits per heavy atom. The van der Waals surface area contributed by atoms with Crippen LogP contribution in [-0.2, 0) is 0 Å². The molecule has 2 aromatic heterocycles. The molecule has 2 N–H and O–H groups in total. The van der Waals surface area contributed by atoms with Gasteiger partial charge in [0, 0.05) is 18.9 Å². The minimum absolute atomic E-state index is 0.0350. The summed E-state index contributed by atoms with van der Waals surface area (Å²) in [5.74, 6) is 0.861. The highest BCUT2D eigenvalue weighted by molar-refractivity contribution is 7.10. The topological polar surface area (TPSA) is 73.9 Å². The van der Waals surface area contributed by atoms with Gasteiger partial charge < -0.3 is 9.88 Å². The van der Waals surface area contributed by atoms with Crippen molar-refractivity contribution in [1.82, 2.24) is 19.2 Å². The average Bonchev–Trinajstić information content (AvgIpc) is 3.10. The number of aromatic amines is 1. The number of likely N-dealkylation sites (tertiary alicyclic amines) is 1. The van der Waals surface area contributed by atoms with E-state index in [4.69, 9.17) is 0 Å². The second kappa shape index (κ2) is 5.62. The van der Waals surface area contributed by atoms with Crippen molar-refractivity contribution in [1.29, 1.82) is 0 Å². The van der Waals surface area contributed by atoms with Crippen LogP contribution in [0.5, 0.6) is 0 Å². The van der Waals surface area contributed by atoms with Gasteiger partial charge in [-0.25, -0.2) is 9.78 Å². The van der Waals surface area contributed by atoms with E-state index in [2.05, 4.69) is 19.7 Å². The molecule has 2 amide bonds. The van der Waals surface area contributed by atoms with E-state index in [0.717, 1.165) is 42.3 Å². The number of urea groups is 1. The van der Waals surface area contributed by atoms with Gasteiger partial charge in [0.1, 0.15) is 10.8 Å². The molecule has 0 saturated carbocycles. The monoisotopic (exact) mass is 291 g/mol. The first-order valence-corrected chi connectivity index (χ1v) is 7.51. The number of nitrogens with zero attached hydrogens (tertiary/aromatic N) is 3. The number of carbonyl (C=O) groups excluding carboxylic acids is 1. The minimum Gasteiger partial charge on any atom is -0.347 e. The summed E-state index contributed by atoms with van der Waals surface area (Å²) in [5, 5.41) is 3.71. The molecule has 1 saturated heterocycles. The number of hydrogen-bond donors (Lipinski definition) is 2. The summed E-state index contributed by atoms with van der Waals surface area (Å²) in [6.07, 6.45) is 6.63. The van der Waals surface area contributed by atoms with Crippen molar-refractivity contribution in [3.8, 4) is 0 Å². The van der Waals surface area contributed by atoms with Crippen LogP contribution in [0.2, 0.25) is 0 Å². The number of hydrogen-bond acceptors (Lipinski definition) is 4. The summed E-state index contributed by atoms with van der Waals surface area (Å²) < 4.78 is 4.17. The number of nitrogens with one attached hydrogen (secondary N) is 2. The van der Waals surface area contributed by atoms with Gasteiger partial charge in [0.15, 0.2) is 0 Å². The van der Waals surface area contributed by atoms with Crippen LogP contribution in [0.15, 0.2) is 18.5 Å². The van der Waals surface area contributed by atoms with Crippen molar-refractivity contribution in [2.75, 3.05) is 11.9 Å². The highest BCUT2D eigenvalue weighted by atomic mass is 32.1. The Bertz CT molecular complexity index is 579. The number of imidazole rings is 1. The molecule has 0 bridgehead atoms. The third-order valence-corrected chi connectivity index (χ3v) is 4.25. The summed E-state index contributed by atoms with van der Waals surface area (Å²) in [5.41, 5.74) is 0.923. The van der Waals surface area contributed by atoms with E-state index in [0.29, 0.717) is 0 Å². The fourth-order valence-electron chi connectivity index (χ4n) is 2.52. The first-order valence-electron chi connectivity index (χ1n) is 6.74. The van der Waals surface area contributed by atoms with Crippen LogP contribution >= 0.6 is 11.5 Å². The predicted molar refractivity (Wildman–Crippen MR) is 77.8 cm³/mol. The summed E-state index contributed by atoms with van der Waals surface area (Å²) in [6, 6.07) is 1.84. The van der Waals surface area contributed by atoms with E-state index in [9.17, 15) is 4.79 Å². The lowest BCUT2D eigenvalue weighted by Crippen LogP contribution is -2.41. The van der Waals surface area contributed by atoms with E-state index >= 15 is 0 Å². The SMILES string of the molecule is Cc1cc(NC(=O)N2CCCC[C@H]2c2ncc[nH]2)sn1. The number of anilines is 1. The second-order valence-corrected chi connectivity index (χ2v) is 5.75. The summed E-state index contributed by atoms with van der Waals surface area (Å²) in [6.45, 7) is 2.67. The molecule has 1 fully saturated rings. The molecular weight excluding hydrogens is 274 g/mol. The van der Waals surface area contributed by atoms with Crippen molar-refractivity contribution in [2.45, 2.75) is 32.2 Å². The number of aryl methyl sites for hydroxylation is 1. The molecule has 3 heterocycles. The smallest absolute Gasteiger partial charge is 0.323 e. The Kier molecular flexibility index (Phi) is 3.68. The van der Waals surface area contributed by atoms with Gasteiger partial charge in [-0.2, -0.15) is 4.37 Å². The van der Waals surface area contributed by atoms with Crippen LogP contribution in [-0.4, -0.2) is 31.8 Å². The predicted octanol–water partition coefficient (Wildman–Crippen LogP) is 2.93. The van der Waals surface area contributed by atoms with Crippen LogP contribution in [0.3, 0.4) is 0 Å². The Labute approximate surface area is 121 Å². The van der Waals surface area contributed by atoms with E-state index in [-0.39, 0.29) is 12.1 Å². The Hall–Kier alpha value is -1.89. The first-order chi connectivity index (χ1) is 9.74. The lowest BCUT2D eigenvalue weighted by Gasteiger charge is -2.34. The molecule has 1 aliphatic rings. The molecule has 0 aromatic carbocycles. The molecule has 20 heavy (non-hydrogen) atoms. The maximum absolute atomic E-state index is 12.4. The molecule has 0 spiro atoms. The number of rotatable bonds is 2. The average molecular weight is 291 g/mol. The molecule has 6 nitrogen and oxygen atoms in total. The number of amides is 2. The van der Waals surface area contributed by atoms with Crippen molar-refractivity contribution in [3.05, 3.63) is 30.0 Å². The van der Waals surface area contributed by atoms with Gasteiger partial charge in [-0.1, -0.05) is 0 Å². The van der Waals surface area contributed by atoms with Gasteiger partial charge in [-0.05, 0) is 43.8 Å². The van der Waals surface area contributed by atoms with Crippen LogP contribution < -0.4 is 5.32 Å². The van der Waals surface area contributed by atoms with Gasteiger partial charge in [0.2, 0.25) is 0 Å². The van der Waals surface area contributed by atoms with Crippen molar-refractivity contribution >= 4 is 22.6 Å². The van der Waals surface area contributed by atoms with Gasteiger partial charge in [-0.15, -0.1) is 0 Å². The van der Waals surface area contributed by atoms with Gasteiger partial charge >= 0.3 is 6.03 Å². The fourth-order valence-corrected chi connectivity index (χ4v) is 3.17. The largest absolute Gasteiger partial charge is 0.347 e. The molecule has 2 aromatic rings. The third kappa shape index (κ3) is 2.67. The van der Waals surface area contributed by atoms with Crippen molar-refractivity contribution < 1.29 is 4.79 Å². The Balaban J connectivity index is 1.74. The molecule has 1 aliphatic heterocycles. The lowest BCUT2D eigenvalue weighted by atomic mass is 10.0. The van der Waals surface area contributed by atoms with Crippen molar-refractivity contribution in [2.24, 2.45) is 0 Å². The molecule has 7 heteroatoms. The maximum Gasteiger partial charge on any atom is 0.323 e. The summed E-state index contributed by atoms with van der Waals surface area (Å²) in [7, 11) is 0. The molecule has 0 aliphatic carbocycles. The highest BCUT2D eigenvalue weighted by Gasteiger charge is 2.29. The lowest BCUT2D eigenvalue weighted by molar-refractivity contribution is 0.160. The molecule has 0 unspecified atom stereocenters. The molecule has 1 atom stereocenters. The Morgan fingerprint density at radius 3 is 3.15 bits per heavy atom. The molecule has 3 rings (SSSR count). The molecular formula is C13H17N5OS. The highest BCUT2D eigenvalue weighted by Crippen LogP contribution is 2.29. The summed E-state index contributed by atoms with van der Waals surface area (Å²) in [4.78, 5) is 21.7. The number of H-pyrrole nitrogens is 1. The van der Waals surface area contributed by atoms with Crippen LogP contribution in [0, 0.1) is 6.92 Å². The third-order valence-electron chi connectivity index (χ3n) is 3.46. The Morgan fingerprint density at radius 1 is 1.55 bits per heavy atom. The number of piperidine rings is 1. The van der Waals surface area contributed by atoms with Gasteiger partial charge in [0.25, 0.3) is 0 Å². The zero-order valence-electron chi connectivity index (χ0n) is 11.3. The van der Waals surface area contributed by atoms with Crippen LogP contribution in [0.4, 0.5) is 9.80 Å². The maximum atomic E-state index is 12.4. The standard InChI is InChI=1S/C13H17N5OS/c1-9-8-11(20-17-9)16-13(19)18-7-3-2-4-10(18)12-14-5-6-15-12/h5-6,8,10H,2-4,7H2,1H3,(H,14,15)(H,16,19)/t10-/m0/s1. The normalized spacial score (nSPS) is 19.1. The van der Waals surface area contributed by atoms with E-state index in [1.54, 1.807) is 12.4 Å².